The quantitative estimate of drug-likeness (QED) is 0.172. The number of hydrogen-bond donors (Lipinski definition) is 3. The summed E-state index contributed by atoms with van der Waals surface area (Å²) in [7, 11) is 1.51. The second kappa shape index (κ2) is 15.2. The van der Waals surface area contributed by atoms with Crippen LogP contribution in [-0.2, 0) is 25.5 Å². The van der Waals surface area contributed by atoms with Crippen LogP contribution in [0.25, 0.3) is 10.8 Å². The Kier molecular flexibility index (Phi) is 11.6. The number of carbonyl (C=O) groups is 5. The van der Waals surface area contributed by atoms with Crippen molar-refractivity contribution in [3.63, 3.8) is 0 Å². The molecular weight excluding hydrogens is 664 g/mol. The van der Waals surface area contributed by atoms with E-state index in [9.17, 15) is 24.0 Å². The third-order valence-electron chi connectivity index (χ3n) is 7.86. The summed E-state index contributed by atoms with van der Waals surface area (Å²) in [6, 6.07) is 15.3. The molecule has 3 atom stereocenters. The second-order valence-electron chi connectivity index (χ2n) is 13.2. The molecule has 0 spiro atoms. The molecule has 1 aliphatic rings. The summed E-state index contributed by atoms with van der Waals surface area (Å²) >= 11 is 3.51. The number of esters is 1. The first kappa shape index (κ1) is 35.8. The van der Waals surface area contributed by atoms with Gasteiger partial charge in [0.25, 0.3) is 11.8 Å². The Labute approximate surface area is 284 Å². The van der Waals surface area contributed by atoms with Crippen molar-refractivity contribution in [1.82, 2.24) is 20.9 Å². The molecule has 3 aromatic rings. The molecule has 3 aromatic carbocycles. The highest BCUT2D eigenvalue weighted by Crippen LogP contribution is 2.34. The van der Waals surface area contributed by atoms with Gasteiger partial charge in [0, 0.05) is 41.0 Å². The minimum atomic E-state index is -1.04. The average Bonchev–Trinajstić information content (AvgIpc) is 3.01. The van der Waals surface area contributed by atoms with E-state index >= 15 is 0 Å². The lowest BCUT2D eigenvalue weighted by Gasteiger charge is -2.31. The van der Waals surface area contributed by atoms with Crippen LogP contribution in [-0.4, -0.2) is 71.8 Å². The van der Waals surface area contributed by atoms with E-state index < -0.39 is 47.4 Å². The number of carbonyl (C=O) groups excluding carboxylic acids is 5. The summed E-state index contributed by atoms with van der Waals surface area (Å²) in [5.41, 5.74) is 0.847. The van der Waals surface area contributed by atoms with Crippen molar-refractivity contribution in [3.8, 4) is 0 Å². The Balaban J connectivity index is 1.58. The van der Waals surface area contributed by atoms with E-state index in [1.54, 1.807) is 45.0 Å². The van der Waals surface area contributed by atoms with Gasteiger partial charge in [0.05, 0.1) is 6.04 Å². The Bertz CT molecular complexity index is 1630. The smallest absolute Gasteiger partial charge is 0.323 e. The molecule has 47 heavy (non-hydrogen) atoms. The lowest BCUT2D eigenvalue weighted by atomic mass is 9.93. The number of ether oxygens (including phenoxy) is 1. The minimum absolute atomic E-state index is 0.000996. The van der Waals surface area contributed by atoms with Crippen molar-refractivity contribution in [1.29, 1.82) is 0 Å². The van der Waals surface area contributed by atoms with Crippen molar-refractivity contribution in [2.45, 2.75) is 77.6 Å². The fraction of sp³-hybridized carbons (Fsp3) is 0.417. The summed E-state index contributed by atoms with van der Waals surface area (Å²) in [4.78, 5) is 68.6. The molecule has 250 valence electrons. The van der Waals surface area contributed by atoms with Crippen LogP contribution in [0.1, 0.15) is 73.7 Å². The first-order chi connectivity index (χ1) is 22.2. The monoisotopic (exact) mass is 706 g/mol. The number of imide groups is 1. The molecular formula is C36H43BrN4O6. The van der Waals surface area contributed by atoms with Gasteiger partial charge in [-0.2, -0.15) is 0 Å². The van der Waals surface area contributed by atoms with Gasteiger partial charge in [-0.1, -0.05) is 72.2 Å². The number of benzene rings is 3. The normalized spacial score (nSPS) is 14.9. The van der Waals surface area contributed by atoms with Crippen LogP contribution in [0.2, 0.25) is 0 Å². The largest absolute Gasteiger partial charge is 0.459 e. The van der Waals surface area contributed by atoms with E-state index in [1.807, 2.05) is 50.2 Å². The molecule has 0 bridgehead atoms. The maximum atomic E-state index is 13.8. The summed E-state index contributed by atoms with van der Waals surface area (Å²) in [6.45, 7) is 9.03. The van der Waals surface area contributed by atoms with E-state index in [1.165, 1.54) is 7.05 Å². The number of likely N-dealkylation sites (N-methyl/N-ethyl adjacent to an activating group) is 1. The summed E-state index contributed by atoms with van der Waals surface area (Å²) < 4.78 is 6.50. The van der Waals surface area contributed by atoms with E-state index in [-0.39, 0.29) is 31.2 Å². The van der Waals surface area contributed by atoms with Gasteiger partial charge in [0.1, 0.15) is 17.7 Å². The van der Waals surface area contributed by atoms with Crippen molar-refractivity contribution >= 4 is 56.3 Å². The summed E-state index contributed by atoms with van der Waals surface area (Å²) in [6.07, 6.45) is 0.627. The highest BCUT2D eigenvalue weighted by Gasteiger charge is 2.36. The van der Waals surface area contributed by atoms with Crippen LogP contribution >= 0.6 is 15.9 Å². The Hall–Kier alpha value is -4.09. The lowest BCUT2D eigenvalue weighted by molar-refractivity contribution is -0.158. The van der Waals surface area contributed by atoms with Gasteiger partial charge in [-0.3, -0.25) is 34.2 Å². The van der Waals surface area contributed by atoms with Gasteiger partial charge < -0.3 is 15.4 Å². The number of rotatable bonds is 13. The van der Waals surface area contributed by atoms with Gasteiger partial charge in [-0.15, -0.1) is 0 Å². The molecule has 0 saturated carbocycles. The van der Waals surface area contributed by atoms with Gasteiger partial charge in [0.2, 0.25) is 11.8 Å². The molecule has 4 amide bonds. The molecule has 4 rings (SSSR count). The van der Waals surface area contributed by atoms with Crippen molar-refractivity contribution in [2.24, 2.45) is 5.92 Å². The number of amides is 4. The zero-order valence-corrected chi connectivity index (χ0v) is 29.3. The number of nitrogens with one attached hydrogen (secondary N) is 3. The summed E-state index contributed by atoms with van der Waals surface area (Å²) in [5, 5.41) is 10.0. The Morgan fingerprint density at radius 3 is 2.13 bits per heavy atom. The van der Waals surface area contributed by atoms with Gasteiger partial charge in [-0.25, -0.2) is 0 Å². The number of nitrogens with zero attached hydrogens (tertiary/aromatic N) is 1. The molecule has 0 aliphatic carbocycles. The molecule has 0 fully saturated rings. The molecule has 0 saturated heterocycles. The van der Waals surface area contributed by atoms with Crippen molar-refractivity contribution in [3.05, 3.63) is 81.8 Å². The molecule has 1 aliphatic heterocycles. The molecule has 11 heteroatoms. The van der Waals surface area contributed by atoms with Gasteiger partial charge in [0.15, 0.2) is 0 Å². The highest BCUT2D eigenvalue weighted by atomic mass is 79.9. The Morgan fingerprint density at radius 2 is 1.51 bits per heavy atom. The predicted molar refractivity (Wildman–Crippen MR) is 184 cm³/mol. The number of hydrogen-bond acceptors (Lipinski definition) is 7. The van der Waals surface area contributed by atoms with E-state index in [0.29, 0.717) is 22.9 Å². The average molecular weight is 708 g/mol. The highest BCUT2D eigenvalue weighted by molar-refractivity contribution is 9.10. The maximum Gasteiger partial charge on any atom is 0.323 e. The zero-order chi connectivity index (χ0) is 34.5. The molecule has 0 aromatic heterocycles. The lowest BCUT2D eigenvalue weighted by Crippen LogP contribution is -2.57. The van der Waals surface area contributed by atoms with Gasteiger partial charge >= 0.3 is 5.97 Å². The molecule has 1 heterocycles. The zero-order valence-electron chi connectivity index (χ0n) is 27.7. The van der Waals surface area contributed by atoms with Gasteiger partial charge in [-0.05, 0) is 68.7 Å². The summed E-state index contributed by atoms with van der Waals surface area (Å²) in [5.74, 6) is -2.28. The fourth-order valence-corrected chi connectivity index (χ4v) is 6.15. The third-order valence-corrected chi connectivity index (χ3v) is 8.55. The van der Waals surface area contributed by atoms with Crippen LogP contribution in [0, 0.1) is 5.92 Å². The molecule has 3 N–H and O–H groups in total. The van der Waals surface area contributed by atoms with Crippen molar-refractivity contribution in [2.75, 3.05) is 13.6 Å². The van der Waals surface area contributed by atoms with Crippen LogP contribution in [0.3, 0.4) is 0 Å². The molecule has 0 radical (unpaired) electrons. The fourth-order valence-electron chi connectivity index (χ4n) is 5.68. The SMILES string of the molecule is CNC(=O)[C@H](Cc1ccccc1)NC(=O)[C@H](CC(C)C)N[C@H](CCN1C(=O)c2cccc3c(Br)ccc(c23)C1=O)C(=O)OC(C)(C)C. The van der Waals surface area contributed by atoms with Crippen LogP contribution in [0.5, 0.6) is 0 Å². The second-order valence-corrected chi connectivity index (χ2v) is 14.0. The van der Waals surface area contributed by atoms with Crippen LogP contribution < -0.4 is 16.0 Å². The van der Waals surface area contributed by atoms with Crippen molar-refractivity contribution < 1.29 is 28.7 Å². The van der Waals surface area contributed by atoms with Crippen LogP contribution in [0.15, 0.2) is 65.1 Å². The van der Waals surface area contributed by atoms with E-state index in [2.05, 4.69) is 31.9 Å². The topological polar surface area (TPSA) is 134 Å². The predicted octanol–water partition coefficient (Wildman–Crippen LogP) is 4.78. The van der Waals surface area contributed by atoms with E-state index in [4.69, 9.17) is 4.74 Å². The first-order valence-electron chi connectivity index (χ1n) is 15.8. The molecule has 0 unspecified atom stereocenters. The minimum Gasteiger partial charge on any atom is -0.459 e. The maximum absolute atomic E-state index is 13.8. The van der Waals surface area contributed by atoms with Crippen LogP contribution in [0.4, 0.5) is 0 Å². The third kappa shape index (κ3) is 8.84. The Morgan fingerprint density at radius 1 is 0.851 bits per heavy atom. The van der Waals surface area contributed by atoms with E-state index in [0.717, 1.165) is 20.3 Å². The number of halogens is 1. The standard InChI is InChI=1S/C36H43BrN4O6/c1-21(2)19-28(32(43)40-29(31(42)38-6)20-22-11-8-7-9-12-22)39-27(35(46)47-36(3,4)5)17-18-41-33(44)24-14-10-13-23-26(37)16-15-25(30(23)24)34(41)45/h7-16,21,27-29,39H,17-20H2,1-6H3,(H,38,42)(H,40,43)/t27-,28+,29+/m1/s1. The first-order valence-corrected chi connectivity index (χ1v) is 16.6. The molecule has 10 nitrogen and oxygen atoms in total.